The van der Waals surface area contributed by atoms with Crippen molar-refractivity contribution in [2.75, 3.05) is 7.11 Å². The first-order valence-electron chi connectivity index (χ1n) is 3.62. The molecule has 0 N–H and O–H groups in total. The Hall–Kier alpha value is -0.870. The van der Waals surface area contributed by atoms with Gasteiger partial charge in [-0.3, -0.25) is 4.79 Å². The van der Waals surface area contributed by atoms with Gasteiger partial charge in [0.25, 0.3) is 0 Å². The van der Waals surface area contributed by atoms with E-state index in [2.05, 4.69) is 20.7 Å². The molecule has 0 saturated heterocycles. The highest BCUT2D eigenvalue weighted by atomic mass is 79.9. The average Bonchev–Trinajstić information content (AvgIpc) is 2.16. The molecule has 3 nitrogen and oxygen atoms in total. The molecule has 0 unspecified atom stereocenters. The van der Waals surface area contributed by atoms with Crippen molar-refractivity contribution in [3.8, 4) is 0 Å². The second-order valence-electron chi connectivity index (χ2n) is 2.46. The van der Waals surface area contributed by atoms with E-state index < -0.39 is 5.97 Å². The van der Waals surface area contributed by atoms with E-state index in [-0.39, 0.29) is 5.02 Å². The fraction of sp³-hybridized carbons (Fsp3) is 0.111. The molecule has 1 aromatic rings. The van der Waals surface area contributed by atoms with E-state index >= 15 is 0 Å². The van der Waals surface area contributed by atoms with Crippen LogP contribution in [0.1, 0.15) is 20.7 Å². The smallest absolute Gasteiger partial charge is 0.337 e. The number of carbonyl (C=O) groups is 2. The number of carbonyl (C=O) groups excluding carboxylic acids is 2. The van der Waals surface area contributed by atoms with Crippen molar-refractivity contribution in [3.63, 3.8) is 0 Å². The van der Waals surface area contributed by atoms with Gasteiger partial charge >= 0.3 is 5.97 Å². The Kier molecular flexibility index (Phi) is 3.66. The predicted octanol–water partition coefficient (Wildman–Crippen LogP) is 2.70. The van der Waals surface area contributed by atoms with Gasteiger partial charge in [0.1, 0.15) is 0 Å². The van der Waals surface area contributed by atoms with E-state index in [1.807, 2.05) is 0 Å². The number of rotatable bonds is 2. The number of benzene rings is 1. The van der Waals surface area contributed by atoms with E-state index in [0.717, 1.165) is 0 Å². The number of halogens is 2. The molecule has 0 amide bonds. The van der Waals surface area contributed by atoms with E-state index in [4.69, 9.17) is 11.6 Å². The minimum absolute atomic E-state index is 0.217. The van der Waals surface area contributed by atoms with Gasteiger partial charge in [-0.15, -0.1) is 0 Å². The van der Waals surface area contributed by atoms with Gasteiger partial charge in [-0.25, -0.2) is 4.79 Å². The summed E-state index contributed by atoms with van der Waals surface area (Å²) in [5.41, 5.74) is 0.620. The number of aldehydes is 1. The zero-order valence-corrected chi connectivity index (χ0v) is 9.55. The Balaban J connectivity index is 3.27. The molecule has 1 aromatic carbocycles. The first-order valence-corrected chi connectivity index (χ1v) is 4.79. The number of hydrogen-bond donors (Lipinski definition) is 0. The highest BCUT2D eigenvalue weighted by molar-refractivity contribution is 9.10. The molecular weight excluding hydrogens is 271 g/mol. The van der Waals surface area contributed by atoms with Crippen LogP contribution in [0, 0.1) is 0 Å². The Morgan fingerprint density at radius 1 is 1.57 bits per heavy atom. The molecule has 0 aliphatic rings. The SMILES string of the molecule is COC(=O)c1cc(Cl)c(C=O)c(Br)c1. The number of esters is 1. The van der Waals surface area contributed by atoms with E-state index in [9.17, 15) is 9.59 Å². The third kappa shape index (κ3) is 2.13. The molecule has 0 aromatic heterocycles. The molecule has 0 aliphatic carbocycles. The van der Waals surface area contributed by atoms with Crippen LogP contribution in [0.5, 0.6) is 0 Å². The molecule has 14 heavy (non-hydrogen) atoms. The van der Waals surface area contributed by atoms with Crippen molar-refractivity contribution in [2.45, 2.75) is 0 Å². The Labute approximate surface area is 94.1 Å². The van der Waals surface area contributed by atoms with Crippen LogP contribution in [-0.4, -0.2) is 19.4 Å². The predicted molar refractivity (Wildman–Crippen MR) is 55.9 cm³/mol. The molecule has 0 radical (unpaired) electrons. The van der Waals surface area contributed by atoms with Crippen LogP contribution in [-0.2, 0) is 4.74 Å². The summed E-state index contributed by atoms with van der Waals surface area (Å²) in [5.74, 6) is -0.495. The molecule has 74 valence electrons. The molecule has 0 fully saturated rings. The largest absolute Gasteiger partial charge is 0.465 e. The van der Waals surface area contributed by atoms with Gasteiger partial charge in [0.05, 0.1) is 17.7 Å². The molecule has 0 heterocycles. The van der Waals surface area contributed by atoms with Crippen LogP contribution >= 0.6 is 27.5 Å². The highest BCUT2D eigenvalue weighted by Crippen LogP contribution is 2.25. The van der Waals surface area contributed by atoms with Crippen molar-refractivity contribution in [1.29, 1.82) is 0 Å². The maximum absolute atomic E-state index is 11.1. The maximum Gasteiger partial charge on any atom is 0.337 e. The average molecular weight is 278 g/mol. The van der Waals surface area contributed by atoms with E-state index in [1.54, 1.807) is 0 Å². The van der Waals surface area contributed by atoms with Gasteiger partial charge in [-0.2, -0.15) is 0 Å². The van der Waals surface area contributed by atoms with Crippen LogP contribution < -0.4 is 0 Å². The molecule has 0 aliphatic heterocycles. The van der Waals surface area contributed by atoms with Gasteiger partial charge in [0.15, 0.2) is 6.29 Å². The van der Waals surface area contributed by atoms with Crippen molar-refractivity contribution < 1.29 is 14.3 Å². The first kappa shape index (κ1) is 11.2. The minimum Gasteiger partial charge on any atom is -0.465 e. The Morgan fingerprint density at radius 3 is 2.64 bits per heavy atom. The fourth-order valence-electron chi connectivity index (χ4n) is 0.933. The molecule has 1 rings (SSSR count). The van der Waals surface area contributed by atoms with Crippen LogP contribution in [0.15, 0.2) is 16.6 Å². The summed E-state index contributed by atoms with van der Waals surface area (Å²) in [6, 6.07) is 2.88. The summed E-state index contributed by atoms with van der Waals surface area (Å²) in [6.45, 7) is 0. The lowest BCUT2D eigenvalue weighted by molar-refractivity contribution is 0.0600. The molecular formula is C9H6BrClO3. The third-order valence-corrected chi connectivity index (χ3v) is 2.59. The maximum atomic E-state index is 11.1. The quantitative estimate of drug-likeness (QED) is 0.616. The Bertz CT molecular complexity index is 367. The number of hydrogen-bond acceptors (Lipinski definition) is 3. The summed E-state index contributed by atoms with van der Waals surface area (Å²) in [7, 11) is 1.28. The lowest BCUT2D eigenvalue weighted by atomic mass is 10.1. The van der Waals surface area contributed by atoms with Crippen molar-refractivity contribution in [2.24, 2.45) is 0 Å². The topological polar surface area (TPSA) is 43.4 Å². The fourth-order valence-corrected chi connectivity index (χ4v) is 1.86. The lowest BCUT2D eigenvalue weighted by Crippen LogP contribution is -2.02. The van der Waals surface area contributed by atoms with Crippen LogP contribution in [0.4, 0.5) is 0 Å². The Morgan fingerprint density at radius 2 is 2.21 bits per heavy atom. The number of ether oxygens (including phenoxy) is 1. The van der Waals surface area contributed by atoms with Crippen molar-refractivity contribution in [1.82, 2.24) is 0 Å². The van der Waals surface area contributed by atoms with Crippen molar-refractivity contribution >= 4 is 39.8 Å². The number of methoxy groups -OCH3 is 1. The normalized spacial score (nSPS) is 9.64. The summed E-state index contributed by atoms with van der Waals surface area (Å²) < 4.78 is 4.99. The van der Waals surface area contributed by atoms with Gasteiger partial charge in [0, 0.05) is 10.0 Å². The monoisotopic (exact) mass is 276 g/mol. The minimum atomic E-state index is -0.495. The van der Waals surface area contributed by atoms with Gasteiger partial charge in [0.2, 0.25) is 0 Å². The second kappa shape index (κ2) is 4.57. The van der Waals surface area contributed by atoms with Crippen LogP contribution in [0.3, 0.4) is 0 Å². The second-order valence-corrected chi connectivity index (χ2v) is 3.72. The van der Waals surface area contributed by atoms with Gasteiger partial charge < -0.3 is 4.74 Å². The van der Waals surface area contributed by atoms with Gasteiger partial charge in [-0.05, 0) is 28.1 Å². The zero-order valence-electron chi connectivity index (χ0n) is 7.21. The summed E-state index contributed by atoms with van der Waals surface area (Å²) in [6.07, 6.45) is 0.619. The molecule has 0 spiro atoms. The summed E-state index contributed by atoms with van der Waals surface area (Å²) >= 11 is 8.90. The lowest BCUT2D eigenvalue weighted by Gasteiger charge is -2.03. The third-order valence-electron chi connectivity index (χ3n) is 1.62. The molecule has 0 saturated carbocycles. The van der Waals surface area contributed by atoms with Crippen LogP contribution in [0.25, 0.3) is 0 Å². The molecule has 0 atom stereocenters. The van der Waals surface area contributed by atoms with Crippen molar-refractivity contribution in [3.05, 3.63) is 32.8 Å². The van der Waals surface area contributed by atoms with E-state index in [1.165, 1.54) is 19.2 Å². The van der Waals surface area contributed by atoms with E-state index in [0.29, 0.717) is 21.9 Å². The first-order chi connectivity index (χ1) is 6.60. The highest BCUT2D eigenvalue weighted by Gasteiger charge is 2.11. The van der Waals surface area contributed by atoms with Gasteiger partial charge in [-0.1, -0.05) is 11.6 Å². The van der Waals surface area contributed by atoms with Crippen LogP contribution in [0.2, 0.25) is 5.02 Å². The molecule has 0 bridgehead atoms. The summed E-state index contributed by atoms with van der Waals surface area (Å²) in [5, 5.41) is 0.217. The zero-order chi connectivity index (χ0) is 10.7. The molecule has 5 heteroatoms. The standard InChI is InChI=1S/C9H6BrClO3/c1-14-9(13)5-2-7(10)6(4-12)8(11)3-5/h2-4H,1H3. The summed E-state index contributed by atoms with van der Waals surface area (Å²) in [4.78, 5) is 21.7.